The molecule has 0 spiro atoms. The van der Waals surface area contributed by atoms with E-state index in [9.17, 15) is 9.59 Å². The van der Waals surface area contributed by atoms with Gasteiger partial charge >= 0.3 is 11.9 Å². The lowest BCUT2D eigenvalue weighted by atomic mass is 10.2. The first-order valence-corrected chi connectivity index (χ1v) is 8.67. The molecule has 0 bridgehead atoms. The van der Waals surface area contributed by atoms with Gasteiger partial charge in [0, 0.05) is 23.3 Å². The molecule has 0 saturated heterocycles. The number of carbonyl (C=O) groups excluding carboxylic acids is 2. The van der Waals surface area contributed by atoms with Crippen molar-refractivity contribution in [3.63, 3.8) is 0 Å². The van der Waals surface area contributed by atoms with Crippen molar-refractivity contribution < 1.29 is 28.4 Å². The maximum atomic E-state index is 12.0. The summed E-state index contributed by atoms with van der Waals surface area (Å²) in [6.07, 6.45) is 3.69. The molecule has 2 rings (SSSR count). The number of hydrogen-bond donors (Lipinski definition) is 0. The number of pyridine rings is 1. The van der Waals surface area contributed by atoms with E-state index in [0.717, 1.165) is 6.54 Å². The quantitative estimate of drug-likeness (QED) is 0.278. The van der Waals surface area contributed by atoms with Crippen LogP contribution in [0.2, 0.25) is 0 Å². The van der Waals surface area contributed by atoms with E-state index in [4.69, 9.17) is 14.2 Å². The van der Waals surface area contributed by atoms with Crippen molar-refractivity contribution in [1.82, 2.24) is 0 Å². The normalized spacial score (nSPS) is 10.3. The maximum absolute atomic E-state index is 12.0. The van der Waals surface area contributed by atoms with Crippen molar-refractivity contribution in [2.24, 2.45) is 0 Å². The van der Waals surface area contributed by atoms with Crippen LogP contribution in [0.25, 0.3) is 0 Å². The van der Waals surface area contributed by atoms with Crippen LogP contribution in [0.4, 0.5) is 0 Å². The van der Waals surface area contributed by atoms with Crippen LogP contribution in [-0.4, -0.2) is 38.4 Å². The molecule has 0 saturated carbocycles. The molecule has 1 heterocycles. The van der Waals surface area contributed by atoms with E-state index in [1.54, 1.807) is 19.1 Å². The fraction of sp³-hybridized carbons (Fsp3) is 0.286. The molecule has 0 radical (unpaired) electrons. The van der Waals surface area contributed by atoms with Gasteiger partial charge in [0.05, 0.1) is 18.8 Å². The zero-order valence-electron chi connectivity index (χ0n) is 15.4. The Hall–Kier alpha value is -2.99. The molecule has 0 aliphatic rings. The van der Waals surface area contributed by atoms with Gasteiger partial charge in [-0.1, -0.05) is 36.9 Å². The average Bonchev–Trinajstić information content (AvgIpc) is 2.68. The number of esters is 2. The Labute approximate surface area is 159 Å². The highest BCUT2D eigenvalue weighted by Gasteiger charge is 2.10. The third-order valence-corrected chi connectivity index (χ3v) is 3.60. The van der Waals surface area contributed by atoms with Gasteiger partial charge in [-0.2, -0.15) is 0 Å². The van der Waals surface area contributed by atoms with Gasteiger partial charge in [0.2, 0.25) is 0 Å². The number of aromatic nitrogens is 1. The number of carbonyl (C=O) groups is 2. The second kappa shape index (κ2) is 10.9. The zero-order chi connectivity index (χ0) is 19.5. The summed E-state index contributed by atoms with van der Waals surface area (Å²) in [6, 6.07) is 13.5. The number of rotatable bonds is 10. The fourth-order valence-electron chi connectivity index (χ4n) is 2.19. The van der Waals surface area contributed by atoms with Crippen LogP contribution < -0.4 is 4.57 Å². The Balaban J connectivity index is 1.64. The second-order valence-electron chi connectivity index (χ2n) is 5.91. The highest BCUT2D eigenvalue weighted by atomic mass is 16.6. The minimum Gasteiger partial charge on any atom is -0.460 e. The third kappa shape index (κ3) is 7.42. The first kappa shape index (κ1) is 20.3. The Morgan fingerprint density at radius 3 is 2.19 bits per heavy atom. The molecule has 0 atom stereocenters. The third-order valence-electron chi connectivity index (χ3n) is 3.60. The largest absolute Gasteiger partial charge is 0.460 e. The lowest BCUT2D eigenvalue weighted by molar-refractivity contribution is -0.688. The summed E-state index contributed by atoms with van der Waals surface area (Å²) >= 11 is 0. The summed E-state index contributed by atoms with van der Waals surface area (Å²) in [6.45, 7) is 6.54. The monoisotopic (exact) mass is 370 g/mol. The van der Waals surface area contributed by atoms with Gasteiger partial charge in [-0.15, -0.1) is 0 Å². The van der Waals surface area contributed by atoms with Crippen LogP contribution in [0.15, 0.2) is 67.0 Å². The van der Waals surface area contributed by atoms with E-state index in [1.165, 1.54) is 5.56 Å². The molecular weight excluding hydrogens is 346 g/mol. The van der Waals surface area contributed by atoms with Gasteiger partial charge in [-0.05, 0) is 6.92 Å². The molecule has 27 heavy (non-hydrogen) atoms. The van der Waals surface area contributed by atoms with Crippen molar-refractivity contribution >= 4 is 11.9 Å². The van der Waals surface area contributed by atoms with E-state index < -0.39 is 11.9 Å². The first-order valence-electron chi connectivity index (χ1n) is 8.67. The lowest BCUT2D eigenvalue weighted by Gasteiger charge is -2.07. The predicted molar refractivity (Wildman–Crippen MR) is 99.1 cm³/mol. The van der Waals surface area contributed by atoms with Crippen molar-refractivity contribution in [3.8, 4) is 0 Å². The molecular formula is C21H24NO5+. The van der Waals surface area contributed by atoms with E-state index >= 15 is 0 Å². The smallest absolute Gasteiger partial charge is 0.338 e. The SMILES string of the molecule is C=C(C)C(=O)OCCOCCOC(=O)c1cc[n+](Cc2ccccc2)cc1. The standard InChI is InChI=1S/C21H24NO5/c1-17(2)20(23)26-14-12-25-13-15-27-21(24)19-8-10-22(11-9-19)16-18-6-4-3-5-7-18/h3-11H,1,12-16H2,2H3/q+1. The van der Waals surface area contributed by atoms with Gasteiger partial charge in [-0.25, -0.2) is 14.2 Å². The van der Waals surface area contributed by atoms with Crippen LogP contribution >= 0.6 is 0 Å². The summed E-state index contributed by atoms with van der Waals surface area (Å²) < 4.78 is 17.3. The van der Waals surface area contributed by atoms with E-state index in [-0.39, 0.29) is 26.4 Å². The predicted octanol–water partition coefficient (Wildman–Crippen LogP) is 2.32. The summed E-state index contributed by atoms with van der Waals surface area (Å²) in [5.74, 6) is -0.849. The minimum absolute atomic E-state index is 0.131. The molecule has 0 fully saturated rings. The number of ether oxygens (including phenoxy) is 3. The number of nitrogens with zero attached hydrogens (tertiary/aromatic N) is 1. The summed E-state index contributed by atoms with van der Waals surface area (Å²) in [5, 5.41) is 0. The van der Waals surface area contributed by atoms with Crippen LogP contribution in [0.3, 0.4) is 0 Å². The summed E-state index contributed by atoms with van der Waals surface area (Å²) in [7, 11) is 0. The first-order chi connectivity index (χ1) is 13.1. The molecule has 1 aromatic heterocycles. The van der Waals surface area contributed by atoms with E-state index in [1.807, 2.05) is 35.2 Å². The summed E-state index contributed by atoms with van der Waals surface area (Å²) in [4.78, 5) is 23.2. The Morgan fingerprint density at radius 1 is 0.926 bits per heavy atom. The Morgan fingerprint density at radius 2 is 1.56 bits per heavy atom. The van der Waals surface area contributed by atoms with E-state index in [0.29, 0.717) is 11.1 Å². The van der Waals surface area contributed by atoms with Crippen molar-refractivity contribution in [2.45, 2.75) is 13.5 Å². The van der Waals surface area contributed by atoms with Crippen molar-refractivity contribution in [3.05, 3.63) is 78.1 Å². The molecule has 1 aromatic carbocycles. The fourth-order valence-corrected chi connectivity index (χ4v) is 2.19. The summed E-state index contributed by atoms with van der Waals surface area (Å²) in [5.41, 5.74) is 2.01. The second-order valence-corrected chi connectivity index (χ2v) is 5.91. The molecule has 0 amide bonds. The van der Waals surface area contributed by atoms with Crippen molar-refractivity contribution in [1.29, 1.82) is 0 Å². The maximum Gasteiger partial charge on any atom is 0.338 e. The highest BCUT2D eigenvalue weighted by Crippen LogP contribution is 2.01. The van der Waals surface area contributed by atoms with Gasteiger partial charge in [0.25, 0.3) is 0 Å². The molecule has 6 heteroatoms. The van der Waals surface area contributed by atoms with Gasteiger partial charge in [0.15, 0.2) is 18.9 Å². The number of benzene rings is 1. The molecule has 0 unspecified atom stereocenters. The average molecular weight is 370 g/mol. The molecule has 0 aliphatic carbocycles. The molecule has 2 aromatic rings. The van der Waals surface area contributed by atoms with Gasteiger partial charge < -0.3 is 14.2 Å². The topological polar surface area (TPSA) is 65.7 Å². The highest BCUT2D eigenvalue weighted by molar-refractivity contribution is 5.89. The molecule has 0 aliphatic heterocycles. The van der Waals surface area contributed by atoms with Crippen molar-refractivity contribution in [2.75, 3.05) is 26.4 Å². The van der Waals surface area contributed by atoms with Gasteiger partial charge in [-0.3, -0.25) is 0 Å². The van der Waals surface area contributed by atoms with Crippen LogP contribution in [0.1, 0.15) is 22.8 Å². The molecule has 6 nitrogen and oxygen atoms in total. The minimum atomic E-state index is -0.446. The zero-order valence-corrected chi connectivity index (χ0v) is 15.4. The number of hydrogen-bond acceptors (Lipinski definition) is 5. The van der Waals surface area contributed by atoms with Crippen LogP contribution in [0, 0.1) is 0 Å². The van der Waals surface area contributed by atoms with Gasteiger partial charge in [0.1, 0.15) is 13.2 Å². The van der Waals surface area contributed by atoms with E-state index in [2.05, 4.69) is 18.7 Å². The Kier molecular flexibility index (Phi) is 8.19. The van der Waals surface area contributed by atoms with Crippen LogP contribution in [-0.2, 0) is 25.5 Å². The Bertz CT molecular complexity index is 756. The lowest BCUT2D eigenvalue weighted by Crippen LogP contribution is -2.33. The molecule has 0 N–H and O–H groups in total. The van der Waals surface area contributed by atoms with Crippen LogP contribution in [0.5, 0.6) is 0 Å². The molecule has 142 valence electrons.